The summed E-state index contributed by atoms with van der Waals surface area (Å²) in [6, 6.07) is 6.79. The first-order valence-electron chi connectivity index (χ1n) is 5.88. The largest absolute Gasteiger partial charge is 1.00 e. The van der Waals surface area contributed by atoms with Crippen LogP contribution in [0.3, 0.4) is 0 Å². The van der Waals surface area contributed by atoms with E-state index in [1.165, 1.54) is 46.6 Å². The highest BCUT2D eigenvalue weighted by Crippen LogP contribution is 2.21. The molecule has 2 nitrogen and oxygen atoms in total. The summed E-state index contributed by atoms with van der Waals surface area (Å²) in [6.45, 7) is 0. The third-order valence-corrected chi connectivity index (χ3v) is 5.77. The van der Waals surface area contributed by atoms with Crippen molar-refractivity contribution in [3.63, 3.8) is 0 Å². The zero-order valence-electron chi connectivity index (χ0n) is 10.0. The smallest absolute Gasteiger partial charge is 0.133 e. The van der Waals surface area contributed by atoms with Crippen molar-refractivity contribution in [1.29, 1.82) is 0 Å². The van der Waals surface area contributed by atoms with Crippen molar-refractivity contribution in [1.82, 2.24) is 9.78 Å². The second-order valence-corrected chi connectivity index (χ2v) is 6.86. The van der Waals surface area contributed by atoms with Crippen LogP contribution in [0.4, 0.5) is 0 Å². The van der Waals surface area contributed by atoms with E-state index in [0.29, 0.717) is 10.9 Å². The van der Waals surface area contributed by atoms with E-state index in [9.17, 15) is 0 Å². The molecule has 0 saturated carbocycles. The lowest BCUT2D eigenvalue weighted by atomic mass is 10.2. The van der Waals surface area contributed by atoms with E-state index >= 15 is 0 Å². The topological polar surface area (TPSA) is 17.8 Å². The van der Waals surface area contributed by atoms with Crippen LogP contribution in [0, 0.1) is 0 Å². The lowest BCUT2D eigenvalue weighted by Crippen LogP contribution is -3.00. The number of hydrogen-bond acceptors (Lipinski definition) is 1. The van der Waals surface area contributed by atoms with Crippen molar-refractivity contribution in [2.45, 2.75) is 18.6 Å². The van der Waals surface area contributed by atoms with Gasteiger partial charge in [0, 0.05) is 18.0 Å². The standard InChI is InChI=1S/C13H17N2S.BrH/c1-15-13-8-11(4-5-12(13)9-14-15)10-16-6-2-3-7-16;/h4-5,8-9H,2-3,6-7,10H2,1H3;1H/q+1;/p-1. The summed E-state index contributed by atoms with van der Waals surface area (Å²) in [5.74, 6) is 4.17. The van der Waals surface area contributed by atoms with E-state index in [4.69, 9.17) is 0 Å². The minimum absolute atomic E-state index is 0. The van der Waals surface area contributed by atoms with Gasteiger partial charge in [-0.2, -0.15) is 5.10 Å². The van der Waals surface area contributed by atoms with E-state index in [0.717, 1.165) is 0 Å². The van der Waals surface area contributed by atoms with Gasteiger partial charge in [0.2, 0.25) is 0 Å². The number of aryl methyl sites for hydroxylation is 1. The Morgan fingerprint density at radius 3 is 2.82 bits per heavy atom. The SMILES string of the molecule is Cn1ncc2ccc(C[S+]3CCCC3)cc21.[Br-]. The molecule has 2 aromatic rings. The molecule has 4 heteroatoms. The molecule has 1 aliphatic heterocycles. The van der Waals surface area contributed by atoms with Gasteiger partial charge in [0.05, 0.1) is 11.7 Å². The number of fused-ring (bicyclic) bond motifs is 1. The maximum atomic E-state index is 4.29. The molecule has 0 bridgehead atoms. The van der Waals surface area contributed by atoms with E-state index in [-0.39, 0.29) is 17.0 Å². The zero-order chi connectivity index (χ0) is 11.0. The van der Waals surface area contributed by atoms with E-state index in [1.807, 2.05) is 17.9 Å². The number of aromatic nitrogens is 2. The first kappa shape index (κ1) is 13.0. The van der Waals surface area contributed by atoms with Gasteiger partial charge < -0.3 is 17.0 Å². The average molecular weight is 313 g/mol. The Labute approximate surface area is 116 Å². The predicted octanol–water partition coefficient (Wildman–Crippen LogP) is -0.511. The van der Waals surface area contributed by atoms with Gasteiger partial charge in [-0.3, -0.25) is 4.68 Å². The summed E-state index contributed by atoms with van der Waals surface area (Å²) in [6.07, 6.45) is 4.82. The minimum Gasteiger partial charge on any atom is -1.00 e. The number of nitrogens with zero attached hydrogens (tertiary/aromatic N) is 2. The molecule has 0 radical (unpaired) electrons. The van der Waals surface area contributed by atoms with Crippen LogP contribution >= 0.6 is 0 Å². The Kier molecular flexibility index (Phi) is 4.15. The van der Waals surface area contributed by atoms with Crippen LogP contribution in [0.15, 0.2) is 24.4 Å². The van der Waals surface area contributed by atoms with Crippen LogP contribution in [0.5, 0.6) is 0 Å². The van der Waals surface area contributed by atoms with Crippen molar-refractivity contribution in [2.24, 2.45) is 7.05 Å². The van der Waals surface area contributed by atoms with Gasteiger partial charge in [0.25, 0.3) is 0 Å². The van der Waals surface area contributed by atoms with Gasteiger partial charge in [0.15, 0.2) is 0 Å². The number of rotatable bonds is 2. The number of halogens is 1. The fourth-order valence-electron chi connectivity index (χ4n) is 2.37. The molecule has 0 amide bonds. The van der Waals surface area contributed by atoms with E-state index in [2.05, 4.69) is 23.3 Å². The highest BCUT2D eigenvalue weighted by molar-refractivity contribution is 7.96. The fourth-order valence-corrected chi connectivity index (χ4v) is 4.74. The Bertz CT molecular complexity index is 503. The molecule has 0 atom stereocenters. The third-order valence-electron chi connectivity index (χ3n) is 3.30. The first-order valence-corrected chi connectivity index (χ1v) is 7.61. The molecule has 1 aromatic carbocycles. The highest BCUT2D eigenvalue weighted by atomic mass is 79.9. The maximum Gasteiger partial charge on any atom is 0.133 e. The second-order valence-electron chi connectivity index (χ2n) is 4.53. The number of hydrogen-bond donors (Lipinski definition) is 0. The van der Waals surface area contributed by atoms with Gasteiger partial charge in [-0.05, 0) is 29.8 Å². The molecule has 1 fully saturated rings. The van der Waals surface area contributed by atoms with Gasteiger partial charge in [0.1, 0.15) is 17.3 Å². The van der Waals surface area contributed by atoms with Gasteiger partial charge in [-0.1, -0.05) is 12.1 Å². The van der Waals surface area contributed by atoms with Crippen molar-refractivity contribution in [3.05, 3.63) is 30.0 Å². The normalized spacial score (nSPS) is 16.3. The minimum atomic E-state index is 0. The summed E-state index contributed by atoms with van der Waals surface area (Å²) in [7, 11) is 2.67. The van der Waals surface area contributed by atoms with E-state index < -0.39 is 0 Å². The molecule has 0 N–H and O–H groups in total. The third kappa shape index (κ3) is 2.68. The summed E-state index contributed by atoms with van der Waals surface area (Å²) in [5, 5.41) is 5.54. The Balaban J connectivity index is 0.00000108. The monoisotopic (exact) mass is 312 g/mol. The highest BCUT2D eigenvalue weighted by Gasteiger charge is 2.24. The summed E-state index contributed by atoms with van der Waals surface area (Å²) < 4.78 is 1.97. The fraction of sp³-hybridized carbons (Fsp3) is 0.462. The number of benzene rings is 1. The van der Waals surface area contributed by atoms with Crippen molar-refractivity contribution in [3.8, 4) is 0 Å². The van der Waals surface area contributed by atoms with Crippen LogP contribution in [0.2, 0.25) is 0 Å². The van der Waals surface area contributed by atoms with Crippen molar-refractivity contribution in [2.75, 3.05) is 11.5 Å². The lowest BCUT2D eigenvalue weighted by molar-refractivity contribution is -0.00000338. The molecular weight excluding hydrogens is 296 g/mol. The molecule has 1 saturated heterocycles. The van der Waals surface area contributed by atoms with Gasteiger partial charge in [-0.25, -0.2) is 0 Å². The van der Waals surface area contributed by atoms with E-state index in [1.54, 1.807) is 0 Å². The van der Waals surface area contributed by atoms with Crippen molar-refractivity contribution >= 4 is 21.8 Å². The van der Waals surface area contributed by atoms with Gasteiger partial charge >= 0.3 is 0 Å². The lowest BCUT2D eigenvalue weighted by Gasteiger charge is -2.02. The zero-order valence-corrected chi connectivity index (χ0v) is 12.4. The molecule has 1 aliphatic rings. The van der Waals surface area contributed by atoms with Crippen LogP contribution in [-0.4, -0.2) is 21.3 Å². The first-order chi connectivity index (χ1) is 7.83. The molecule has 17 heavy (non-hydrogen) atoms. The molecule has 2 heterocycles. The van der Waals surface area contributed by atoms with Gasteiger partial charge in [-0.15, -0.1) is 0 Å². The van der Waals surface area contributed by atoms with Crippen LogP contribution in [0.1, 0.15) is 18.4 Å². The Morgan fingerprint density at radius 1 is 1.29 bits per heavy atom. The van der Waals surface area contributed by atoms with Crippen LogP contribution < -0.4 is 17.0 Å². The van der Waals surface area contributed by atoms with Crippen LogP contribution in [-0.2, 0) is 23.7 Å². The molecule has 0 spiro atoms. The Morgan fingerprint density at radius 2 is 2.06 bits per heavy atom. The van der Waals surface area contributed by atoms with Crippen LogP contribution in [0.25, 0.3) is 10.9 Å². The molecule has 0 aliphatic carbocycles. The molecule has 0 unspecified atom stereocenters. The second kappa shape index (κ2) is 5.44. The molecular formula is C13H17BrN2S. The quantitative estimate of drug-likeness (QED) is 0.683. The Hall–Kier alpha value is -0.480. The predicted molar refractivity (Wildman–Crippen MR) is 70.8 cm³/mol. The maximum absolute atomic E-state index is 4.29. The summed E-state index contributed by atoms with van der Waals surface area (Å²) in [4.78, 5) is 0. The molecule has 3 rings (SSSR count). The molecule has 1 aromatic heterocycles. The average Bonchev–Trinajstić information content (AvgIpc) is 2.90. The molecule has 92 valence electrons. The summed E-state index contributed by atoms with van der Waals surface area (Å²) >= 11 is 0. The summed E-state index contributed by atoms with van der Waals surface area (Å²) in [5.41, 5.74) is 2.75. The van der Waals surface area contributed by atoms with Crippen molar-refractivity contribution < 1.29 is 17.0 Å².